The number of primary amides is 1. The molecule has 0 fully saturated rings. The number of nitrogens with two attached hydrogens (primary N) is 1. The smallest absolute Gasteiger partial charge is 0.303 e. The van der Waals surface area contributed by atoms with Crippen molar-refractivity contribution in [2.45, 2.75) is 96.4 Å². The summed E-state index contributed by atoms with van der Waals surface area (Å²) >= 11 is 0. The van der Waals surface area contributed by atoms with E-state index in [0.29, 0.717) is 0 Å². The fourth-order valence-corrected chi connectivity index (χ4v) is 2.98. The fraction of sp³-hybridized carbons (Fsp3) is 0.773. The van der Waals surface area contributed by atoms with Gasteiger partial charge in [0.25, 0.3) is 0 Å². The normalized spacial score (nSPS) is 16.6. The number of carboxylic acid groups (broad SMARTS) is 1. The molecule has 0 radical (unpaired) electrons. The van der Waals surface area contributed by atoms with Gasteiger partial charge in [0.05, 0.1) is 31.0 Å². The lowest BCUT2D eigenvalue weighted by atomic mass is 9.98. The van der Waals surface area contributed by atoms with Crippen LogP contribution >= 0.6 is 0 Å². The molecule has 208 valence electrons. The number of aliphatic hydroxyl groups excluding tert-OH is 2. The molecule has 0 saturated carbocycles. The Balaban J connectivity index is 5.09. The van der Waals surface area contributed by atoms with Crippen LogP contribution in [0.2, 0.25) is 0 Å². The maximum Gasteiger partial charge on any atom is 0.303 e. The third kappa shape index (κ3) is 12.2. The van der Waals surface area contributed by atoms with E-state index in [4.69, 9.17) is 20.3 Å². The first-order chi connectivity index (χ1) is 16.5. The van der Waals surface area contributed by atoms with Gasteiger partial charge in [0.1, 0.15) is 24.3 Å². The predicted molar refractivity (Wildman–Crippen MR) is 126 cm³/mol. The molecule has 0 aromatic carbocycles. The topological polar surface area (TPSA) is 227 Å². The molecule has 0 aromatic heterocycles. The van der Waals surface area contributed by atoms with Crippen LogP contribution in [0.15, 0.2) is 0 Å². The molecule has 0 rings (SSSR count). The van der Waals surface area contributed by atoms with Crippen molar-refractivity contribution >= 4 is 29.6 Å². The van der Waals surface area contributed by atoms with Crippen LogP contribution in [0.25, 0.3) is 0 Å². The van der Waals surface area contributed by atoms with Crippen molar-refractivity contribution in [3.05, 3.63) is 0 Å². The molecule has 0 aromatic rings. The van der Waals surface area contributed by atoms with Crippen LogP contribution in [0, 0.1) is 0 Å². The highest BCUT2D eigenvalue weighted by molar-refractivity contribution is 5.92. The molecule has 0 saturated heterocycles. The van der Waals surface area contributed by atoms with E-state index >= 15 is 0 Å². The quantitative estimate of drug-likeness (QED) is 0.109. The third-order valence-electron chi connectivity index (χ3n) is 5.33. The molecule has 4 amide bonds. The minimum Gasteiger partial charge on any atom is -0.481 e. The van der Waals surface area contributed by atoms with Gasteiger partial charge in [-0.05, 0) is 41.0 Å². The van der Waals surface area contributed by atoms with Crippen molar-refractivity contribution in [2.75, 3.05) is 13.2 Å². The first-order valence-electron chi connectivity index (χ1n) is 11.5. The maximum atomic E-state index is 12.5. The Morgan fingerprint density at radius 1 is 1.00 bits per heavy atom. The minimum atomic E-state index is -1.22. The number of amides is 4. The lowest BCUT2D eigenvalue weighted by Gasteiger charge is -2.38. The van der Waals surface area contributed by atoms with Crippen LogP contribution in [-0.2, 0) is 33.4 Å². The zero-order valence-electron chi connectivity index (χ0n) is 21.6. The van der Waals surface area contributed by atoms with E-state index in [-0.39, 0.29) is 19.4 Å². The summed E-state index contributed by atoms with van der Waals surface area (Å²) in [6.07, 6.45) is -3.56. The molecule has 6 atom stereocenters. The maximum absolute atomic E-state index is 12.5. The third-order valence-corrected chi connectivity index (χ3v) is 5.33. The average molecular weight is 521 g/mol. The number of aliphatic carboxylic acids is 1. The van der Waals surface area contributed by atoms with E-state index in [2.05, 4.69) is 16.0 Å². The zero-order chi connectivity index (χ0) is 28.2. The molecule has 14 nitrogen and oxygen atoms in total. The van der Waals surface area contributed by atoms with Crippen molar-refractivity contribution in [3.63, 3.8) is 0 Å². The van der Waals surface area contributed by atoms with E-state index in [1.807, 2.05) is 0 Å². The van der Waals surface area contributed by atoms with E-state index < -0.39 is 78.2 Å². The molecular formula is C22H40N4O10. The second-order valence-electron chi connectivity index (χ2n) is 9.04. The summed E-state index contributed by atoms with van der Waals surface area (Å²) in [5, 5.41) is 35.3. The van der Waals surface area contributed by atoms with Gasteiger partial charge in [-0.15, -0.1) is 0 Å². The summed E-state index contributed by atoms with van der Waals surface area (Å²) in [4.78, 5) is 58.7. The highest BCUT2D eigenvalue weighted by atomic mass is 16.5. The number of carbonyl (C=O) groups is 5. The number of hydrogen-bond acceptors (Lipinski definition) is 9. The number of rotatable bonds is 17. The van der Waals surface area contributed by atoms with Gasteiger partial charge in [0.15, 0.2) is 0 Å². The van der Waals surface area contributed by atoms with Crippen molar-refractivity contribution in [1.82, 2.24) is 16.0 Å². The van der Waals surface area contributed by atoms with Crippen molar-refractivity contribution < 1.29 is 48.8 Å². The summed E-state index contributed by atoms with van der Waals surface area (Å²) < 4.78 is 11.4. The monoisotopic (exact) mass is 520 g/mol. The van der Waals surface area contributed by atoms with Crippen molar-refractivity contribution in [1.29, 1.82) is 0 Å². The Bertz CT molecular complexity index is 774. The van der Waals surface area contributed by atoms with Crippen LogP contribution in [-0.4, -0.2) is 100 Å². The minimum absolute atomic E-state index is 0.182. The molecule has 0 aliphatic rings. The van der Waals surface area contributed by atoms with E-state index in [9.17, 15) is 34.2 Å². The highest BCUT2D eigenvalue weighted by Gasteiger charge is 2.36. The molecule has 0 bridgehead atoms. The Labute approximate surface area is 210 Å². The van der Waals surface area contributed by atoms with Gasteiger partial charge < -0.3 is 46.5 Å². The number of carbonyl (C=O) groups excluding carboxylic acids is 4. The second-order valence-corrected chi connectivity index (χ2v) is 9.04. The van der Waals surface area contributed by atoms with Crippen LogP contribution in [0.4, 0.5) is 0 Å². The van der Waals surface area contributed by atoms with Crippen LogP contribution in [0.1, 0.15) is 54.4 Å². The summed E-state index contributed by atoms with van der Waals surface area (Å²) in [7, 11) is 0. The summed E-state index contributed by atoms with van der Waals surface area (Å²) in [6.45, 7) is 8.12. The van der Waals surface area contributed by atoms with Gasteiger partial charge in [-0.3, -0.25) is 24.0 Å². The Hall–Kier alpha value is -2.81. The number of aliphatic hydroxyl groups is 2. The first kappa shape index (κ1) is 33.2. The Morgan fingerprint density at radius 3 is 2.03 bits per heavy atom. The second kappa shape index (κ2) is 15.3. The predicted octanol–water partition coefficient (Wildman–Crippen LogP) is -2.23. The summed E-state index contributed by atoms with van der Waals surface area (Å²) in [5.74, 6) is -3.88. The van der Waals surface area contributed by atoms with Gasteiger partial charge in [0.2, 0.25) is 23.6 Å². The van der Waals surface area contributed by atoms with Gasteiger partial charge in [0, 0.05) is 13.3 Å². The molecule has 0 aliphatic carbocycles. The SMILES string of the molecule is CC(=O)N[C@@H](COC(C)C(=O)NC(C)C(=O)NC(CCC(=O)O)C(N)=O)C(C)(C)OC(CO)[C@@H](C)O. The Kier molecular flexibility index (Phi) is 14.1. The number of hydrogen-bond donors (Lipinski definition) is 7. The van der Waals surface area contributed by atoms with E-state index in [1.54, 1.807) is 13.8 Å². The fourth-order valence-electron chi connectivity index (χ4n) is 2.98. The molecule has 0 heterocycles. The highest BCUT2D eigenvalue weighted by Crippen LogP contribution is 2.20. The lowest BCUT2D eigenvalue weighted by Crippen LogP contribution is -2.56. The number of nitrogens with one attached hydrogen (secondary N) is 3. The first-order valence-corrected chi connectivity index (χ1v) is 11.5. The van der Waals surface area contributed by atoms with Gasteiger partial charge >= 0.3 is 5.97 Å². The number of ether oxygens (including phenoxy) is 2. The number of carboxylic acids is 1. The average Bonchev–Trinajstić information content (AvgIpc) is 2.76. The van der Waals surface area contributed by atoms with E-state index in [1.165, 1.54) is 27.7 Å². The molecule has 8 N–H and O–H groups in total. The standard InChI is InChI=1S/C22H40N4O10/c1-11(20(33)26-15(19(23)32)7-8-18(30)31)24-21(34)13(3)35-10-17(25-14(4)29)22(5,6)36-16(9-27)12(2)28/h11-13,15-17,27-28H,7-10H2,1-6H3,(H2,23,32)(H,24,34)(H,25,29)(H,26,33)(H,30,31)/t11?,12-,13?,15?,16?,17+/m1/s1. The van der Waals surface area contributed by atoms with Crippen molar-refractivity contribution in [3.8, 4) is 0 Å². The molecule has 4 unspecified atom stereocenters. The Morgan fingerprint density at radius 2 is 1.58 bits per heavy atom. The molecule has 0 aliphatic heterocycles. The van der Waals surface area contributed by atoms with Crippen LogP contribution in [0.3, 0.4) is 0 Å². The lowest BCUT2D eigenvalue weighted by molar-refractivity contribution is -0.159. The van der Waals surface area contributed by atoms with Crippen LogP contribution < -0.4 is 21.7 Å². The van der Waals surface area contributed by atoms with Gasteiger partial charge in [-0.25, -0.2) is 0 Å². The molecule has 36 heavy (non-hydrogen) atoms. The molecule has 14 heteroatoms. The van der Waals surface area contributed by atoms with Gasteiger partial charge in [-0.1, -0.05) is 0 Å². The van der Waals surface area contributed by atoms with Crippen molar-refractivity contribution in [2.24, 2.45) is 5.73 Å². The largest absolute Gasteiger partial charge is 0.481 e. The molecule has 0 spiro atoms. The van der Waals surface area contributed by atoms with Gasteiger partial charge in [-0.2, -0.15) is 0 Å². The zero-order valence-corrected chi connectivity index (χ0v) is 21.6. The molecular weight excluding hydrogens is 480 g/mol. The van der Waals surface area contributed by atoms with E-state index in [0.717, 1.165) is 0 Å². The summed E-state index contributed by atoms with van der Waals surface area (Å²) in [5.41, 5.74) is 4.08. The summed E-state index contributed by atoms with van der Waals surface area (Å²) in [6, 6.07) is -3.09. The van der Waals surface area contributed by atoms with Crippen LogP contribution in [0.5, 0.6) is 0 Å².